The van der Waals surface area contributed by atoms with Gasteiger partial charge in [0.2, 0.25) is 0 Å². The molecule has 1 unspecified atom stereocenters. The van der Waals surface area contributed by atoms with Crippen molar-refractivity contribution in [3.05, 3.63) is 29.8 Å². The van der Waals surface area contributed by atoms with Gasteiger partial charge in [-0.3, -0.25) is 0 Å². The number of ether oxygens (including phenoxy) is 1. The van der Waals surface area contributed by atoms with Crippen LogP contribution in [0.3, 0.4) is 0 Å². The van der Waals surface area contributed by atoms with Gasteiger partial charge in [0, 0.05) is 39.0 Å². The molecule has 0 spiro atoms. The molecule has 0 saturated heterocycles. The van der Waals surface area contributed by atoms with Crippen molar-refractivity contribution in [3.8, 4) is 0 Å². The first-order chi connectivity index (χ1) is 8.69. The molecule has 1 aromatic rings. The van der Waals surface area contributed by atoms with Crippen LogP contribution in [0.25, 0.3) is 0 Å². The van der Waals surface area contributed by atoms with Gasteiger partial charge in [0.1, 0.15) is 0 Å². The Morgan fingerprint density at radius 2 is 1.94 bits per heavy atom. The molecule has 102 valence electrons. The normalized spacial score (nSPS) is 12.4. The Bertz CT molecular complexity index is 324. The maximum atomic E-state index is 5.07. The van der Waals surface area contributed by atoms with E-state index < -0.39 is 0 Å². The monoisotopic (exact) mass is 250 g/mol. The van der Waals surface area contributed by atoms with Gasteiger partial charge < -0.3 is 15.0 Å². The van der Waals surface area contributed by atoms with Crippen LogP contribution >= 0.6 is 0 Å². The summed E-state index contributed by atoms with van der Waals surface area (Å²) in [4.78, 5) is 2.26. The van der Waals surface area contributed by atoms with Crippen LogP contribution in [0.2, 0.25) is 0 Å². The van der Waals surface area contributed by atoms with E-state index in [4.69, 9.17) is 4.74 Å². The lowest BCUT2D eigenvalue weighted by Crippen LogP contribution is -2.20. The Balaban J connectivity index is 2.53. The largest absolute Gasteiger partial charge is 0.385 e. The van der Waals surface area contributed by atoms with Crippen LogP contribution in [-0.2, 0) is 4.74 Å². The van der Waals surface area contributed by atoms with E-state index in [1.54, 1.807) is 7.11 Å². The molecule has 0 amide bonds. The van der Waals surface area contributed by atoms with Crippen LogP contribution in [0.15, 0.2) is 24.3 Å². The maximum Gasteiger partial charge on any atom is 0.0479 e. The predicted molar refractivity (Wildman–Crippen MR) is 78.3 cm³/mol. The third kappa shape index (κ3) is 4.67. The lowest BCUT2D eigenvalue weighted by atomic mass is 10.1. The highest BCUT2D eigenvalue weighted by Gasteiger charge is 2.05. The molecule has 18 heavy (non-hydrogen) atoms. The summed E-state index contributed by atoms with van der Waals surface area (Å²) in [6.45, 7) is 7.17. The minimum atomic E-state index is 0.419. The Morgan fingerprint density at radius 3 is 2.50 bits per heavy atom. The van der Waals surface area contributed by atoms with Crippen molar-refractivity contribution in [1.29, 1.82) is 0 Å². The van der Waals surface area contributed by atoms with Crippen LogP contribution in [0.1, 0.15) is 31.9 Å². The van der Waals surface area contributed by atoms with Crippen molar-refractivity contribution >= 4 is 5.69 Å². The van der Waals surface area contributed by atoms with E-state index in [0.717, 1.165) is 26.1 Å². The number of hydrogen-bond acceptors (Lipinski definition) is 3. The van der Waals surface area contributed by atoms with Crippen molar-refractivity contribution in [2.45, 2.75) is 26.3 Å². The number of methoxy groups -OCH3 is 1. The van der Waals surface area contributed by atoms with Crippen LogP contribution < -0.4 is 10.2 Å². The highest BCUT2D eigenvalue weighted by Crippen LogP contribution is 2.18. The molecule has 1 atom stereocenters. The van der Waals surface area contributed by atoms with Crippen LogP contribution in [-0.4, -0.2) is 33.9 Å². The van der Waals surface area contributed by atoms with Gasteiger partial charge in [0.25, 0.3) is 0 Å². The number of nitrogens with zero attached hydrogens (tertiary/aromatic N) is 1. The second-order valence-electron chi connectivity index (χ2n) is 4.64. The van der Waals surface area contributed by atoms with Crippen molar-refractivity contribution in [3.63, 3.8) is 0 Å². The van der Waals surface area contributed by atoms with Crippen molar-refractivity contribution in [2.24, 2.45) is 0 Å². The topological polar surface area (TPSA) is 24.5 Å². The summed E-state index contributed by atoms with van der Waals surface area (Å²) >= 11 is 0. The maximum absolute atomic E-state index is 5.07. The van der Waals surface area contributed by atoms with E-state index in [2.05, 4.69) is 55.4 Å². The first-order valence-electron chi connectivity index (χ1n) is 6.72. The van der Waals surface area contributed by atoms with Gasteiger partial charge in [-0.25, -0.2) is 0 Å². The fourth-order valence-corrected chi connectivity index (χ4v) is 2.02. The van der Waals surface area contributed by atoms with Crippen molar-refractivity contribution in [2.75, 3.05) is 38.8 Å². The van der Waals surface area contributed by atoms with Crippen LogP contribution in [0, 0.1) is 0 Å². The molecule has 1 N–H and O–H groups in total. The van der Waals surface area contributed by atoms with E-state index in [0.29, 0.717) is 6.04 Å². The first kappa shape index (κ1) is 15.0. The third-order valence-corrected chi connectivity index (χ3v) is 3.19. The Hall–Kier alpha value is -1.06. The molecule has 1 rings (SSSR count). The first-order valence-corrected chi connectivity index (χ1v) is 6.72. The Kier molecular flexibility index (Phi) is 6.76. The Labute approximate surface area is 111 Å². The smallest absolute Gasteiger partial charge is 0.0479 e. The van der Waals surface area contributed by atoms with Gasteiger partial charge in [-0.05, 0) is 37.6 Å². The molecule has 0 aromatic heterocycles. The highest BCUT2D eigenvalue weighted by atomic mass is 16.5. The molecule has 0 heterocycles. The van der Waals surface area contributed by atoms with E-state index in [1.807, 2.05) is 0 Å². The van der Waals surface area contributed by atoms with Crippen molar-refractivity contribution in [1.82, 2.24) is 5.32 Å². The molecule has 0 bridgehead atoms. The lowest BCUT2D eigenvalue weighted by molar-refractivity contribution is 0.196. The summed E-state index contributed by atoms with van der Waals surface area (Å²) in [6, 6.07) is 9.21. The predicted octanol–water partition coefficient (Wildman–Crippen LogP) is 2.83. The molecule has 0 radical (unpaired) electrons. The number of nitrogens with one attached hydrogen (secondary N) is 1. The van der Waals surface area contributed by atoms with Gasteiger partial charge in [0.05, 0.1) is 0 Å². The second-order valence-corrected chi connectivity index (χ2v) is 4.64. The van der Waals surface area contributed by atoms with E-state index >= 15 is 0 Å². The van der Waals surface area contributed by atoms with Gasteiger partial charge in [-0.1, -0.05) is 19.1 Å². The number of rotatable bonds is 8. The third-order valence-electron chi connectivity index (χ3n) is 3.19. The van der Waals surface area contributed by atoms with Crippen LogP contribution in [0.5, 0.6) is 0 Å². The molecule has 3 nitrogen and oxygen atoms in total. The van der Waals surface area contributed by atoms with Gasteiger partial charge in [-0.15, -0.1) is 0 Å². The molecule has 0 aliphatic carbocycles. The average molecular weight is 250 g/mol. The zero-order valence-corrected chi connectivity index (χ0v) is 12.1. The molecule has 0 aliphatic heterocycles. The summed E-state index contributed by atoms with van der Waals surface area (Å²) in [5.74, 6) is 0. The summed E-state index contributed by atoms with van der Waals surface area (Å²) in [5, 5.41) is 3.42. The molecular formula is C15H26N2O. The summed E-state index contributed by atoms with van der Waals surface area (Å²) < 4.78 is 5.07. The zero-order valence-electron chi connectivity index (χ0n) is 12.1. The second kappa shape index (κ2) is 8.11. The minimum absolute atomic E-state index is 0.419. The number of hydrogen-bond donors (Lipinski definition) is 1. The quantitative estimate of drug-likeness (QED) is 0.718. The molecule has 1 aromatic carbocycles. The standard InChI is InChI=1S/C15H26N2O/c1-5-16-13(2)14-7-9-15(10-8-14)17(3)11-6-12-18-4/h7-10,13,16H,5-6,11-12H2,1-4H3. The SMILES string of the molecule is CCNC(C)c1ccc(N(C)CCCOC)cc1. The van der Waals surface area contributed by atoms with Gasteiger partial charge in [0.15, 0.2) is 0 Å². The van der Waals surface area contributed by atoms with E-state index in [1.165, 1.54) is 11.3 Å². The van der Waals surface area contributed by atoms with Crippen molar-refractivity contribution < 1.29 is 4.74 Å². The minimum Gasteiger partial charge on any atom is -0.385 e. The molecule has 0 saturated carbocycles. The zero-order chi connectivity index (χ0) is 13.4. The average Bonchev–Trinajstić information content (AvgIpc) is 2.39. The molecule has 0 aliphatic rings. The fraction of sp³-hybridized carbons (Fsp3) is 0.600. The molecule has 0 fully saturated rings. The number of anilines is 1. The highest BCUT2D eigenvalue weighted by molar-refractivity contribution is 5.47. The van der Waals surface area contributed by atoms with Crippen LogP contribution in [0.4, 0.5) is 5.69 Å². The van der Waals surface area contributed by atoms with E-state index in [-0.39, 0.29) is 0 Å². The Morgan fingerprint density at radius 1 is 1.28 bits per heavy atom. The number of benzene rings is 1. The van der Waals surface area contributed by atoms with Gasteiger partial charge >= 0.3 is 0 Å². The summed E-state index contributed by atoms with van der Waals surface area (Å²) in [5.41, 5.74) is 2.60. The van der Waals surface area contributed by atoms with E-state index in [9.17, 15) is 0 Å². The van der Waals surface area contributed by atoms with Gasteiger partial charge in [-0.2, -0.15) is 0 Å². The summed E-state index contributed by atoms with van der Waals surface area (Å²) in [7, 11) is 3.87. The fourth-order valence-electron chi connectivity index (χ4n) is 2.02. The molecular weight excluding hydrogens is 224 g/mol. The molecule has 3 heteroatoms. The lowest BCUT2D eigenvalue weighted by Gasteiger charge is -2.20. The summed E-state index contributed by atoms with van der Waals surface area (Å²) in [6.07, 6.45) is 1.06.